The zero-order valence-corrected chi connectivity index (χ0v) is 36.3. The van der Waals surface area contributed by atoms with Crippen molar-refractivity contribution < 1.29 is 0 Å². The maximum atomic E-state index is 2.48. The Balaban J connectivity index is 1.02. The molecule has 0 spiro atoms. The highest BCUT2D eigenvalue weighted by molar-refractivity contribution is 6.20. The van der Waals surface area contributed by atoms with Crippen molar-refractivity contribution in [3.05, 3.63) is 242 Å². The number of fused-ring (bicyclic) bond motifs is 14. The molecule has 0 bridgehead atoms. The number of hydrogen-bond acceptors (Lipinski definition) is 2. The van der Waals surface area contributed by atoms with Gasteiger partial charge in [-0.05, 0) is 137 Å². The van der Waals surface area contributed by atoms with Gasteiger partial charge in [-0.25, -0.2) is 0 Å². The first-order chi connectivity index (χ1) is 32.0. The van der Waals surface area contributed by atoms with Crippen molar-refractivity contribution >= 4 is 98.8 Å². The number of hydrogen-bond donors (Lipinski definition) is 0. The van der Waals surface area contributed by atoms with Gasteiger partial charge < -0.3 is 9.80 Å². The highest BCUT2D eigenvalue weighted by atomic mass is 15.1. The van der Waals surface area contributed by atoms with Crippen molar-refractivity contribution in [2.75, 3.05) is 9.80 Å². The summed E-state index contributed by atoms with van der Waals surface area (Å²) in [4.78, 5) is 4.92. The lowest BCUT2D eigenvalue weighted by atomic mass is 9.79. The maximum Gasteiger partial charge on any atom is 0.0546 e. The number of para-hydroxylation sites is 2. The molecular formula is C63H44N2. The summed E-state index contributed by atoms with van der Waals surface area (Å²) in [5.74, 6) is 0. The quantitative estimate of drug-likeness (QED) is 0.154. The van der Waals surface area contributed by atoms with E-state index < -0.39 is 0 Å². The van der Waals surface area contributed by atoms with Crippen molar-refractivity contribution in [3.63, 3.8) is 0 Å². The molecule has 0 aromatic heterocycles. The minimum Gasteiger partial charge on any atom is -0.310 e. The molecule has 306 valence electrons. The van der Waals surface area contributed by atoms with Gasteiger partial charge in [0.2, 0.25) is 0 Å². The van der Waals surface area contributed by atoms with Crippen molar-refractivity contribution in [1.82, 2.24) is 0 Å². The van der Waals surface area contributed by atoms with Crippen LogP contribution in [0.2, 0.25) is 0 Å². The topological polar surface area (TPSA) is 6.48 Å². The van der Waals surface area contributed by atoms with Gasteiger partial charge in [-0.2, -0.15) is 0 Å². The van der Waals surface area contributed by atoms with E-state index in [2.05, 4.69) is 254 Å². The first-order valence-electron chi connectivity index (χ1n) is 22.7. The standard InChI is InChI=1S/C63H44N2/c1-63(2)58-40-46(65(44-23-7-4-8-24-44)60-38-42-20-10-12-26-48(42)50-28-14-17-31-53(50)60)34-36-56(58)61-54-32-18-15-29-51(54)57-39-45(33-35-55(57)62(61)63)64(43-21-5-3-6-22-43)59-37-41-19-9-11-25-47(41)49-27-13-16-30-52(49)59/h3-40H,1-2H3. The number of benzene rings is 12. The van der Waals surface area contributed by atoms with Crippen molar-refractivity contribution in [3.8, 4) is 11.1 Å². The fraction of sp³-hybridized carbons (Fsp3) is 0.0476. The van der Waals surface area contributed by atoms with E-state index in [4.69, 9.17) is 0 Å². The van der Waals surface area contributed by atoms with Crippen LogP contribution in [0.5, 0.6) is 0 Å². The van der Waals surface area contributed by atoms with Crippen LogP contribution < -0.4 is 9.80 Å². The van der Waals surface area contributed by atoms with E-state index in [9.17, 15) is 0 Å². The molecule has 1 aliphatic rings. The smallest absolute Gasteiger partial charge is 0.0546 e. The van der Waals surface area contributed by atoms with E-state index in [1.165, 1.54) is 92.6 Å². The zero-order valence-electron chi connectivity index (χ0n) is 36.3. The van der Waals surface area contributed by atoms with Gasteiger partial charge >= 0.3 is 0 Å². The Morgan fingerprint density at radius 3 is 1.25 bits per heavy atom. The van der Waals surface area contributed by atoms with Gasteiger partial charge in [0.15, 0.2) is 0 Å². The predicted octanol–water partition coefficient (Wildman–Crippen LogP) is 17.9. The molecule has 0 aliphatic heterocycles. The van der Waals surface area contributed by atoms with Crippen LogP contribution in [0.4, 0.5) is 34.1 Å². The van der Waals surface area contributed by atoms with Crippen LogP contribution in [0, 0.1) is 0 Å². The molecule has 0 heterocycles. The molecule has 1 aliphatic carbocycles. The van der Waals surface area contributed by atoms with Crippen LogP contribution in [0.25, 0.3) is 75.8 Å². The van der Waals surface area contributed by atoms with Gasteiger partial charge in [-0.3, -0.25) is 0 Å². The Morgan fingerprint density at radius 2 is 0.708 bits per heavy atom. The molecule has 0 amide bonds. The Hall–Kier alpha value is -8.20. The first kappa shape index (κ1) is 37.4. The summed E-state index contributed by atoms with van der Waals surface area (Å²) < 4.78 is 0. The highest BCUT2D eigenvalue weighted by Crippen LogP contribution is 2.57. The predicted molar refractivity (Wildman–Crippen MR) is 278 cm³/mol. The second-order valence-corrected chi connectivity index (χ2v) is 18.0. The van der Waals surface area contributed by atoms with Gasteiger partial charge in [0.1, 0.15) is 0 Å². The lowest BCUT2D eigenvalue weighted by molar-refractivity contribution is 0.666. The molecule has 65 heavy (non-hydrogen) atoms. The number of rotatable bonds is 6. The molecule has 0 saturated heterocycles. The largest absolute Gasteiger partial charge is 0.310 e. The van der Waals surface area contributed by atoms with Crippen LogP contribution in [-0.4, -0.2) is 0 Å². The second-order valence-electron chi connectivity index (χ2n) is 18.0. The number of nitrogens with zero attached hydrogens (tertiary/aromatic N) is 2. The van der Waals surface area contributed by atoms with Crippen LogP contribution in [0.1, 0.15) is 25.0 Å². The Labute approximate surface area is 378 Å². The van der Waals surface area contributed by atoms with E-state index in [0.717, 1.165) is 28.4 Å². The summed E-state index contributed by atoms with van der Waals surface area (Å²) >= 11 is 0. The van der Waals surface area contributed by atoms with Gasteiger partial charge in [-0.15, -0.1) is 0 Å². The fourth-order valence-corrected chi connectivity index (χ4v) is 11.2. The minimum atomic E-state index is -0.300. The zero-order chi connectivity index (χ0) is 43.2. The minimum absolute atomic E-state index is 0.300. The molecule has 12 aromatic carbocycles. The summed E-state index contributed by atoms with van der Waals surface area (Å²) in [5.41, 5.74) is 11.9. The van der Waals surface area contributed by atoms with Gasteiger partial charge in [0.05, 0.1) is 11.4 Å². The molecule has 0 fully saturated rings. The SMILES string of the molecule is CC1(C)c2cc(N(c3ccccc3)c3cc4ccccc4c4ccccc34)ccc2-c2c1c1ccc(N(c3ccccc3)c3cc4ccccc4c4ccccc34)cc1c1ccccc21. The van der Waals surface area contributed by atoms with Crippen molar-refractivity contribution in [2.24, 2.45) is 0 Å². The molecule has 13 rings (SSSR count). The van der Waals surface area contributed by atoms with Crippen LogP contribution >= 0.6 is 0 Å². The first-order valence-corrected chi connectivity index (χ1v) is 22.7. The van der Waals surface area contributed by atoms with Crippen molar-refractivity contribution in [2.45, 2.75) is 19.3 Å². The molecule has 12 aromatic rings. The lowest BCUT2D eigenvalue weighted by Crippen LogP contribution is -2.17. The summed E-state index contributed by atoms with van der Waals surface area (Å²) in [5, 5.41) is 15.1. The van der Waals surface area contributed by atoms with E-state index >= 15 is 0 Å². The average molecular weight is 829 g/mol. The molecule has 2 nitrogen and oxygen atoms in total. The Bertz CT molecular complexity index is 3870. The van der Waals surface area contributed by atoms with E-state index in [1.54, 1.807) is 0 Å². The third-order valence-corrected chi connectivity index (χ3v) is 14.1. The molecule has 0 atom stereocenters. The fourth-order valence-electron chi connectivity index (χ4n) is 11.2. The van der Waals surface area contributed by atoms with E-state index in [0.29, 0.717) is 0 Å². The lowest BCUT2D eigenvalue weighted by Gasteiger charge is -2.30. The Morgan fingerprint density at radius 1 is 0.292 bits per heavy atom. The average Bonchev–Trinajstić information content (AvgIpc) is 3.60. The highest BCUT2D eigenvalue weighted by Gasteiger charge is 2.39. The third-order valence-electron chi connectivity index (χ3n) is 14.1. The summed E-state index contributed by atoms with van der Waals surface area (Å²) in [6.07, 6.45) is 0. The van der Waals surface area contributed by atoms with Crippen LogP contribution in [-0.2, 0) is 5.41 Å². The van der Waals surface area contributed by atoms with Gasteiger partial charge in [-0.1, -0.05) is 184 Å². The molecular weight excluding hydrogens is 785 g/mol. The molecule has 2 heteroatoms. The van der Waals surface area contributed by atoms with Crippen LogP contribution in [0.3, 0.4) is 0 Å². The second kappa shape index (κ2) is 14.4. The van der Waals surface area contributed by atoms with Crippen molar-refractivity contribution in [1.29, 1.82) is 0 Å². The molecule has 0 radical (unpaired) electrons. The molecule has 0 unspecified atom stereocenters. The van der Waals surface area contributed by atoms with E-state index in [-0.39, 0.29) is 5.41 Å². The normalized spacial score (nSPS) is 12.9. The maximum absolute atomic E-state index is 2.48. The van der Waals surface area contributed by atoms with E-state index in [1.807, 2.05) is 0 Å². The Kier molecular flexibility index (Phi) is 8.29. The monoisotopic (exact) mass is 828 g/mol. The summed E-state index contributed by atoms with van der Waals surface area (Å²) in [6, 6.07) is 85.1. The van der Waals surface area contributed by atoms with Gasteiger partial charge in [0, 0.05) is 38.9 Å². The number of anilines is 6. The summed E-state index contributed by atoms with van der Waals surface area (Å²) in [7, 11) is 0. The summed E-state index contributed by atoms with van der Waals surface area (Å²) in [6.45, 7) is 4.86. The van der Waals surface area contributed by atoms with Gasteiger partial charge in [0.25, 0.3) is 0 Å². The molecule has 0 saturated carbocycles. The molecule has 0 N–H and O–H groups in total. The van der Waals surface area contributed by atoms with Crippen LogP contribution in [0.15, 0.2) is 231 Å². The third kappa shape index (κ3) is 5.67.